The van der Waals surface area contributed by atoms with Crippen molar-refractivity contribution in [2.75, 3.05) is 29.9 Å². The lowest BCUT2D eigenvalue weighted by Gasteiger charge is -2.42. The summed E-state index contributed by atoms with van der Waals surface area (Å²) >= 11 is 6.04. The number of hydrogen-bond donors (Lipinski definition) is 2. The third-order valence-electron chi connectivity index (χ3n) is 6.58. The van der Waals surface area contributed by atoms with E-state index in [2.05, 4.69) is 15.4 Å². The number of nitrogens with one attached hydrogen (secondary N) is 1. The molecule has 13 heteroatoms. The van der Waals surface area contributed by atoms with Crippen molar-refractivity contribution >= 4 is 35.2 Å². The maximum Gasteiger partial charge on any atom is 0.407 e. The van der Waals surface area contributed by atoms with Gasteiger partial charge in [-0.1, -0.05) is 23.7 Å². The van der Waals surface area contributed by atoms with Gasteiger partial charge in [-0.2, -0.15) is 5.10 Å². The molecular formula is C23H20ClF3N6O3. The van der Waals surface area contributed by atoms with Crippen LogP contribution in [-0.2, 0) is 12.5 Å². The molecule has 188 valence electrons. The zero-order valence-corrected chi connectivity index (χ0v) is 19.9. The van der Waals surface area contributed by atoms with Crippen LogP contribution >= 0.6 is 11.6 Å². The Balaban J connectivity index is 1.65. The molecular weight excluding hydrogens is 501 g/mol. The van der Waals surface area contributed by atoms with Crippen LogP contribution in [0.5, 0.6) is 0 Å². The Hall–Kier alpha value is -3.80. The molecule has 9 nitrogen and oxygen atoms in total. The van der Waals surface area contributed by atoms with E-state index in [0.717, 1.165) is 22.2 Å². The molecule has 4 heterocycles. The highest BCUT2D eigenvalue weighted by atomic mass is 35.5. The van der Waals surface area contributed by atoms with E-state index in [9.17, 15) is 14.0 Å². The number of carboxylic acid groups (broad SMARTS) is 1. The van der Waals surface area contributed by atoms with Crippen molar-refractivity contribution in [1.29, 1.82) is 0 Å². The van der Waals surface area contributed by atoms with E-state index in [4.69, 9.17) is 16.7 Å². The summed E-state index contributed by atoms with van der Waals surface area (Å²) < 4.78 is 47.2. The molecule has 0 bridgehead atoms. The molecule has 2 aliphatic heterocycles. The number of nitrogens with zero attached hydrogens (tertiary/aromatic N) is 5. The Labute approximate surface area is 208 Å². The Kier molecular flexibility index (Phi) is 5.58. The molecule has 0 spiro atoms. The van der Waals surface area contributed by atoms with Crippen LogP contribution in [0.4, 0.5) is 29.6 Å². The largest absolute Gasteiger partial charge is 0.465 e. The predicted octanol–water partition coefficient (Wildman–Crippen LogP) is 3.63. The van der Waals surface area contributed by atoms with Gasteiger partial charge in [0, 0.05) is 49.4 Å². The van der Waals surface area contributed by atoms with Crippen molar-refractivity contribution in [2.24, 2.45) is 7.05 Å². The first kappa shape index (κ1) is 23.9. The number of anilines is 2. The smallest absolute Gasteiger partial charge is 0.407 e. The van der Waals surface area contributed by atoms with Crippen LogP contribution in [0.1, 0.15) is 28.4 Å². The number of aromatic nitrogens is 3. The summed E-state index contributed by atoms with van der Waals surface area (Å²) in [6.07, 6.45) is 1.13. The maximum absolute atomic E-state index is 16.1. The zero-order chi connectivity index (χ0) is 25.9. The van der Waals surface area contributed by atoms with Crippen molar-refractivity contribution in [1.82, 2.24) is 19.7 Å². The molecule has 3 aromatic rings. The monoisotopic (exact) mass is 520 g/mol. The summed E-state index contributed by atoms with van der Waals surface area (Å²) in [6, 6.07) is 3.88. The van der Waals surface area contributed by atoms with E-state index in [1.807, 2.05) is 0 Å². The van der Waals surface area contributed by atoms with E-state index in [1.165, 1.54) is 36.9 Å². The van der Waals surface area contributed by atoms with E-state index >= 15 is 8.78 Å². The molecule has 5 rings (SSSR count). The van der Waals surface area contributed by atoms with Crippen LogP contribution < -0.4 is 10.2 Å². The first-order chi connectivity index (χ1) is 17.0. The lowest BCUT2D eigenvalue weighted by atomic mass is 9.71. The number of carbonyl (C=O) groups is 2. The lowest BCUT2D eigenvalue weighted by Crippen LogP contribution is -2.57. The Morgan fingerprint density at radius 2 is 1.97 bits per heavy atom. The van der Waals surface area contributed by atoms with E-state index in [0.29, 0.717) is 0 Å². The molecule has 1 saturated heterocycles. The normalized spacial score (nSPS) is 19.8. The topological polar surface area (TPSA) is 104 Å². The average molecular weight is 521 g/mol. The third kappa shape index (κ3) is 3.63. The third-order valence-corrected chi connectivity index (χ3v) is 6.87. The number of hydrogen-bond acceptors (Lipinski definition) is 5. The van der Waals surface area contributed by atoms with Crippen LogP contribution in [-0.4, -0.2) is 62.4 Å². The summed E-state index contributed by atoms with van der Waals surface area (Å²) in [4.78, 5) is 30.7. The number of aryl methyl sites for hydroxylation is 1. The molecule has 36 heavy (non-hydrogen) atoms. The number of fused-ring (bicyclic) bond motifs is 1. The summed E-state index contributed by atoms with van der Waals surface area (Å²) in [5, 5.41) is 15.7. The molecule has 0 unspecified atom stereocenters. The van der Waals surface area contributed by atoms with Crippen LogP contribution in [0, 0.1) is 17.5 Å². The minimum Gasteiger partial charge on any atom is -0.465 e. The minimum atomic E-state index is -1.52. The maximum atomic E-state index is 16.1. The Bertz CT molecular complexity index is 1410. The summed E-state index contributed by atoms with van der Waals surface area (Å²) in [5.74, 6) is -3.71. The highest BCUT2D eigenvalue weighted by Crippen LogP contribution is 2.45. The molecule has 2 aromatic heterocycles. The molecule has 1 aromatic carbocycles. The minimum absolute atomic E-state index is 0.00170. The molecule has 1 fully saturated rings. The zero-order valence-electron chi connectivity index (χ0n) is 19.1. The van der Waals surface area contributed by atoms with Crippen molar-refractivity contribution in [3.63, 3.8) is 0 Å². The number of likely N-dealkylation sites (tertiary alicyclic amines) is 1. The van der Waals surface area contributed by atoms with E-state index < -0.39 is 40.9 Å². The fourth-order valence-electron chi connectivity index (χ4n) is 4.77. The summed E-state index contributed by atoms with van der Waals surface area (Å²) in [6.45, 7) is 1.45. The first-order valence-electron chi connectivity index (χ1n) is 10.9. The number of rotatable bonds is 4. The number of carbonyl (C=O) groups excluding carboxylic acids is 1. The quantitative estimate of drug-likeness (QED) is 0.544. The molecule has 0 radical (unpaired) electrons. The highest BCUT2D eigenvalue weighted by Gasteiger charge is 2.47. The molecule has 2 N–H and O–H groups in total. The van der Waals surface area contributed by atoms with Gasteiger partial charge < -0.3 is 15.3 Å². The number of pyridine rings is 1. The molecule has 0 saturated carbocycles. The average Bonchev–Trinajstić information content (AvgIpc) is 3.13. The van der Waals surface area contributed by atoms with Gasteiger partial charge in [0.05, 0.1) is 22.8 Å². The van der Waals surface area contributed by atoms with Gasteiger partial charge in [-0.25, -0.2) is 22.9 Å². The van der Waals surface area contributed by atoms with Gasteiger partial charge >= 0.3 is 6.09 Å². The van der Waals surface area contributed by atoms with Crippen molar-refractivity contribution in [2.45, 2.75) is 18.4 Å². The van der Waals surface area contributed by atoms with Gasteiger partial charge in [0.25, 0.3) is 5.91 Å². The number of amides is 2. The summed E-state index contributed by atoms with van der Waals surface area (Å²) in [7, 11) is 1.48. The van der Waals surface area contributed by atoms with E-state index in [1.54, 1.807) is 0 Å². The highest BCUT2D eigenvalue weighted by molar-refractivity contribution is 6.30. The lowest BCUT2D eigenvalue weighted by molar-refractivity contribution is 0.0966. The van der Waals surface area contributed by atoms with Gasteiger partial charge in [0.15, 0.2) is 23.3 Å². The van der Waals surface area contributed by atoms with Crippen LogP contribution in [0.3, 0.4) is 0 Å². The van der Waals surface area contributed by atoms with Crippen LogP contribution in [0.15, 0.2) is 30.6 Å². The van der Waals surface area contributed by atoms with Gasteiger partial charge in [-0.05, 0) is 13.0 Å². The van der Waals surface area contributed by atoms with Crippen LogP contribution in [0.25, 0.3) is 0 Å². The van der Waals surface area contributed by atoms with Gasteiger partial charge in [0.2, 0.25) is 0 Å². The second-order valence-electron chi connectivity index (χ2n) is 9.04. The first-order valence-corrected chi connectivity index (χ1v) is 11.3. The van der Waals surface area contributed by atoms with Crippen molar-refractivity contribution < 1.29 is 27.9 Å². The Morgan fingerprint density at radius 1 is 1.25 bits per heavy atom. The van der Waals surface area contributed by atoms with Crippen LogP contribution in [0.2, 0.25) is 5.02 Å². The molecule has 2 amide bonds. The molecule has 1 atom stereocenters. The predicted molar refractivity (Wildman–Crippen MR) is 124 cm³/mol. The van der Waals surface area contributed by atoms with E-state index in [-0.39, 0.29) is 53.0 Å². The summed E-state index contributed by atoms with van der Waals surface area (Å²) in [5.41, 5.74) is -1.83. The van der Waals surface area contributed by atoms with Gasteiger partial charge in [-0.3, -0.25) is 14.4 Å². The number of benzene rings is 1. The second kappa shape index (κ2) is 8.40. The molecule has 2 aliphatic rings. The Morgan fingerprint density at radius 3 is 2.61 bits per heavy atom. The van der Waals surface area contributed by atoms with Crippen molar-refractivity contribution in [3.05, 3.63) is 69.8 Å². The SMILES string of the molecule is Cn1cc(F)c(N2C[C@](C)(c3cccc(Cl)c3F)c3c(cnc(NC4CN(C(=O)O)C4)c3F)C2=O)n1. The van der Waals surface area contributed by atoms with Gasteiger partial charge in [-0.15, -0.1) is 0 Å². The molecule has 0 aliphatic carbocycles. The fourth-order valence-corrected chi connectivity index (χ4v) is 4.95. The number of halogens is 4. The fraction of sp³-hybridized carbons (Fsp3) is 0.304. The van der Waals surface area contributed by atoms with Crippen molar-refractivity contribution in [3.8, 4) is 0 Å². The standard InChI is InChI=1S/C23H20ClF3N6O3/c1-23(13-4-3-5-14(24)17(13)26)10-33(20-15(25)9-31(2)30-20)21(34)12-6-28-19(18(27)16(12)23)29-11-7-32(8-11)22(35)36/h3-6,9,11H,7-8,10H2,1-2H3,(H,28,29)(H,35,36)/t23-/m1/s1. The van der Waals surface area contributed by atoms with Gasteiger partial charge in [0.1, 0.15) is 5.82 Å². The second-order valence-corrected chi connectivity index (χ2v) is 9.44.